The maximum atomic E-state index is 12.4. The second-order valence-electron chi connectivity index (χ2n) is 6.42. The zero-order chi connectivity index (χ0) is 16.5. The first kappa shape index (κ1) is 15.2. The van der Waals surface area contributed by atoms with Gasteiger partial charge in [0.2, 0.25) is 0 Å². The maximum Gasteiger partial charge on any atom is 0.256 e. The van der Waals surface area contributed by atoms with Crippen molar-refractivity contribution < 1.29 is 4.79 Å². The molecule has 2 aliphatic rings. The number of anilines is 2. The Morgan fingerprint density at radius 2 is 1.88 bits per heavy atom. The van der Waals surface area contributed by atoms with Crippen LogP contribution in [-0.2, 0) is 13.1 Å². The summed E-state index contributed by atoms with van der Waals surface area (Å²) in [5.41, 5.74) is 3.92. The van der Waals surface area contributed by atoms with Crippen LogP contribution in [-0.4, -0.2) is 54.2 Å². The van der Waals surface area contributed by atoms with E-state index in [1.165, 1.54) is 5.69 Å². The molecule has 4 rings (SSSR count). The van der Waals surface area contributed by atoms with Gasteiger partial charge in [0.25, 0.3) is 5.91 Å². The summed E-state index contributed by atoms with van der Waals surface area (Å²) in [6.45, 7) is 5.70. The van der Waals surface area contributed by atoms with Gasteiger partial charge in [-0.3, -0.25) is 9.89 Å². The molecular formula is C17H22N6O. The van der Waals surface area contributed by atoms with Gasteiger partial charge in [0.15, 0.2) is 5.82 Å². The molecule has 1 aromatic heterocycles. The van der Waals surface area contributed by atoms with Crippen LogP contribution in [0.25, 0.3) is 0 Å². The van der Waals surface area contributed by atoms with Gasteiger partial charge in [0.1, 0.15) is 0 Å². The lowest BCUT2D eigenvalue weighted by Crippen LogP contribution is -2.44. The topological polar surface area (TPSA) is 76.3 Å². The average Bonchev–Trinajstić information content (AvgIpc) is 3.21. The molecule has 1 aromatic carbocycles. The van der Waals surface area contributed by atoms with Crippen LogP contribution in [0.15, 0.2) is 24.3 Å². The number of hydrogen-bond acceptors (Lipinski definition) is 5. The van der Waals surface area contributed by atoms with Crippen LogP contribution in [0.2, 0.25) is 0 Å². The zero-order valence-electron chi connectivity index (χ0n) is 13.8. The first-order chi connectivity index (χ1) is 11.7. The minimum Gasteiger partial charge on any atom is -0.369 e. The molecule has 126 valence electrons. The largest absolute Gasteiger partial charge is 0.369 e. The number of carbonyl (C=O) groups is 1. The van der Waals surface area contributed by atoms with Gasteiger partial charge in [0, 0.05) is 56.1 Å². The first-order valence-corrected chi connectivity index (χ1v) is 8.32. The number of nitrogens with one attached hydrogen (secondary N) is 3. The van der Waals surface area contributed by atoms with Gasteiger partial charge in [-0.2, -0.15) is 5.10 Å². The van der Waals surface area contributed by atoms with Gasteiger partial charge in [-0.05, 0) is 31.3 Å². The number of H-pyrrole nitrogens is 1. The minimum absolute atomic E-state index is 0.124. The summed E-state index contributed by atoms with van der Waals surface area (Å²) < 4.78 is 0. The second-order valence-corrected chi connectivity index (χ2v) is 6.42. The number of hydrogen-bond donors (Lipinski definition) is 3. The smallest absolute Gasteiger partial charge is 0.256 e. The summed E-state index contributed by atoms with van der Waals surface area (Å²) in [7, 11) is 2.14. The first-order valence-electron chi connectivity index (χ1n) is 8.32. The second kappa shape index (κ2) is 6.26. The molecule has 0 spiro atoms. The Morgan fingerprint density at radius 1 is 1.12 bits per heavy atom. The molecule has 0 saturated carbocycles. The molecule has 1 amide bonds. The Balaban J connectivity index is 1.43. The van der Waals surface area contributed by atoms with Crippen LogP contribution < -0.4 is 15.5 Å². The van der Waals surface area contributed by atoms with Crippen molar-refractivity contribution in [1.29, 1.82) is 0 Å². The molecule has 2 aliphatic heterocycles. The molecule has 0 bridgehead atoms. The standard InChI is InChI=1S/C17H22N6O/c1-22-6-8-23(9-7-22)13-4-2-12(3-5-13)17(24)19-16-14-10-18-11-15(14)20-21-16/h2-5,18H,6-11H2,1H3,(H2,19,20,21,24). The third-order valence-electron chi connectivity index (χ3n) is 4.79. The van der Waals surface area contributed by atoms with Crippen LogP contribution >= 0.6 is 0 Å². The van der Waals surface area contributed by atoms with E-state index in [1.54, 1.807) is 0 Å². The lowest BCUT2D eigenvalue weighted by molar-refractivity contribution is 0.102. The Kier molecular flexibility index (Phi) is 3.95. The molecule has 1 fully saturated rings. The van der Waals surface area contributed by atoms with Crippen molar-refractivity contribution in [3.05, 3.63) is 41.1 Å². The highest BCUT2D eigenvalue weighted by atomic mass is 16.1. The molecule has 2 aromatic rings. The van der Waals surface area contributed by atoms with Crippen molar-refractivity contribution in [2.24, 2.45) is 0 Å². The fourth-order valence-corrected chi connectivity index (χ4v) is 3.22. The molecular weight excluding hydrogens is 304 g/mol. The van der Waals surface area contributed by atoms with E-state index in [1.807, 2.05) is 24.3 Å². The van der Waals surface area contributed by atoms with E-state index in [0.717, 1.165) is 50.5 Å². The van der Waals surface area contributed by atoms with Crippen molar-refractivity contribution in [2.75, 3.05) is 43.4 Å². The number of aromatic amines is 1. The SMILES string of the molecule is CN1CCN(c2ccc(C(=O)Nc3n[nH]c4c3CNC4)cc2)CC1. The molecule has 3 N–H and O–H groups in total. The highest BCUT2D eigenvalue weighted by molar-refractivity contribution is 6.04. The van der Waals surface area contributed by atoms with Crippen molar-refractivity contribution in [3.8, 4) is 0 Å². The van der Waals surface area contributed by atoms with Crippen molar-refractivity contribution in [2.45, 2.75) is 13.1 Å². The van der Waals surface area contributed by atoms with Gasteiger partial charge in [-0.1, -0.05) is 0 Å². The van der Waals surface area contributed by atoms with Gasteiger partial charge in [-0.15, -0.1) is 0 Å². The molecule has 0 aliphatic carbocycles. The quantitative estimate of drug-likeness (QED) is 0.785. The minimum atomic E-state index is -0.124. The monoisotopic (exact) mass is 326 g/mol. The van der Waals surface area contributed by atoms with E-state index in [2.05, 4.69) is 37.7 Å². The van der Waals surface area contributed by atoms with Crippen LogP contribution in [0.4, 0.5) is 11.5 Å². The van der Waals surface area contributed by atoms with Crippen LogP contribution in [0.3, 0.4) is 0 Å². The predicted octanol–water partition coefficient (Wildman–Crippen LogP) is 1.02. The Morgan fingerprint density at radius 3 is 2.62 bits per heavy atom. The summed E-state index contributed by atoms with van der Waals surface area (Å²) in [5, 5.41) is 13.3. The molecule has 0 unspecified atom stereocenters. The third kappa shape index (κ3) is 2.88. The molecule has 0 radical (unpaired) electrons. The lowest BCUT2D eigenvalue weighted by atomic mass is 10.1. The fourth-order valence-electron chi connectivity index (χ4n) is 3.22. The summed E-state index contributed by atoms with van der Waals surface area (Å²) in [6.07, 6.45) is 0. The van der Waals surface area contributed by atoms with E-state index in [-0.39, 0.29) is 5.91 Å². The number of amides is 1. The van der Waals surface area contributed by atoms with Crippen molar-refractivity contribution in [1.82, 2.24) is 20.4 Å². The van der Waals surface area contributed by atoms with E-state index in [9.17, 15) is 4.79 Å². The van der Waals surface area contributed by atoms with Gasteiger partial charge < -0.3 is 20.4 Å². The number of fused-ring (bicyclic) bond motifs is 1. The molecule has 7 nitrogen and oxygen atoms in total. The third-order valence-corrected chi connectivity index (χ3v) is 4.79. The Labute approximate surface area is 141 Å². The van der Waals surface area contributed by atoms with Crippen molar-refractivity contribution >= 4 is 17.4 Å². The lowest BCUT2D eigenvalue weighted by Gasteiger charge is -2.34. The van der Waals surface area contributed by atoms with Crippen LogP contribution in [0.1, 0.15) is 21.6 Å². The van der Waals surface area contributed by atoms with Crippen LogP contribution in [0, 0.1) is 0 Å². The number of nitrogens with zero attached hydrogens (tertiary/aromatic N) is 3. The fraction of sp³-hybridized carbons (Fsp3) is 0.412. The number of carbonyl (C=O) groups excluding carboxylic acids is 1. The summed E-state index contributed by atoms with van der Waals surface area (Å²) in [4.78, 5) is 17.1. The Bertz CT molecular complexity index is 730. The molecule has 7 heteroatoms. The molecule has 3 heterocycles. The Hall–Kier alpha value is -2.38. The van der Waals surface area contributed by atoms with E-state index < -0.39 is 0 Å². The van der Waals surface area contributed by atoms with E-state index in [4.69, 9.17) is 0 Å². The summed E-state index contributed by atoms with van der Waals surface area (Å²) in [5.74, 6) is 0.504. The number of aromatic nitrogens is 2. The predicted molar refractivity (Wildman–Crippen MR) is 93.2 cm³/mol. The van der Waals surface area contributed by atoms with Crippen molar-refractivity contribution in [3.63, 3.8) is 0 Å². The van der Waals surface area contributed by atoms with Gasteiger partial charge >= 0.3 is 0 Å². The molecule has 24 heavy (non-hydrogen) atoms. The molecule has 0 atom stereocenters. The molecule has 1 saturated heterocycles. The van der Waals surface area contributed by atoms with Gasteiger partial charge in [-0.25, -0.2) is 0 Å². The number of benzene rings is 1. The highest BCUT2D eigenvalue weighted by Gasteiger charge is 2.20. The van der Waals surface area contributed by atoms with Crippen LogP contribution in [0.5, 0.6) is 0 Å². The maximum absolute atomic E-state index is 12.4. The average molecular weight is 326 g/mol. The summed E-state index contributed by atoms with van der Waals surface area (Å²) >= 11 is 0. The normalized spacial score (nSPS) is 17.8. The highest BCUT2D eigenvalue weighted by Crippen LogP contribution is 2.22. The number of likely N-dealkylation sites (N-methyl/N-ethyl adjacent to an activating group) is 1. The summed E-state index contributed by atoms with van der Waals surface area (Å²) in [6, 6.07) is 7.82. The zero-order valence-corrected chi connectivity index (χ0v) is 13.8. The van der Waals surface area contributed by atoms with Gasteiger partial charge in [0.05, 0.1) is 5.69 Å². The van der Waals surface area contributed by atoms with E-state index in [0.29, 0.717) is 11.4 Å². The van der Waals surface area contributed by atoms with E-state index >= 15 is 0 Å². The number of piperazine rings is 1. The number of rotatable bonds is 3.